The van der Waals surface area contributed by atoms with Gasteiger partial charge >= 0.3 is 6.09 Å². The quantitative estimate of drug-likeness (QED) is 0.522. The molecule has 0 saturated heterocycles. The van der Waals surface area contributed by atoms with Gasteiger partial charge in [-0.15, -0.1) is 0 Å². The predicted molar refractivity (Wildman–Crippen MR) is 133 cm³/mol. The fraction of sp³-hybridized carbons (Fsp3) is 0.429. The molecule has 0 N–H and O–H groups in total. The number of rotatable bonds is 4. The van der Waals surface area contributed by atoms with Crippen LogP contribution in [0.25, 0.3) is 11.1 Å². The van der Waals surface area contributed by atoms with Crippen LogP contribution in [-0.4, -0.2) is 49.3 Å². The Morgan fingerprint density at radius 2 is 1.80 bits per heavy atom. The van der Waals surface area contributed by atoms with E-state index >= 15 is 0 Å². The maximum absolute atomic E-state index is 13.6. The predicted octanol–water partition coefficient (Wildman–Crippen LogP) is 5.20. The summed E-state index contributed by atoms with van der Waals surface area (Å²) in [4.78, 5) is 32.4. The molecule has 7 heteroatoms. The third-order valence-electron chi connectivity index (χ3n) is 6.68. The summed E-state index contributed by atoms with van der Waals surface area (Å²) in [5.74, 6) is 0.0787. The topological polar surface area (TPSA) is 77.3 Å². The first-order valence-corrected chi connectivity index (χ1v) is 12.3. The Bertz CT molecular complexity index is 1250. The van der Waals surface area contributed by atoms with Crippen LogP contribution in [0.2, 0.25) is 0 Å². The van der Waals surface area contributed by atoms with Crippen LogP contribution >= 0.6 is 0 Å². The summed E-state index contributed by atoms with van der Waals surface area (Å²) >= 11 is 0. The lowest BCUT2D eigenvalue weighted by Gasteiger charge is -2.34. The van der Waals surface area contributed by atoms with Gasteiger partial charge in [0, 0.05) is 41.8 Å². The molecule has 0 aliphatic heterocycles. The van der Waals surface area contributed by atoms with Gasteiger partial charge in [-0.3, -0.25) is 9.78 Å². The second-order valence-electron chi connectivity index (χ2n) is 10.6. The number of ether oxygens (including phenoxy) is 1. The summed E-state index contributed by atoms with van der Waals surface area (Å²) < 4.78 is 6.77. The minimum absolute atomic E-state index is 0.0787. The lowest BCUT2D eigenvalue weighted by molar-refractivity contribution is 0.0513. The van der Waals surface area contributed by atoms with Crippen LogP contribution in [0.15, 0.2) is 48.9 Å². The maximum Gasteiger partial charge on any atom is 0.435 e. The van der Waals surface area contributed by atoms with Crippen LogP contribution in [0, 0.1) is 6.92 Å². The standard InChI is InChI=1S/C28H32N4O3/c1-18-13-14-29-16-24(18)19-5-7-20(8-6-19)26(33)32(22-9-10-22)23-11-12-25-21(15-23)17-31(30-25)27(34)35-28(2,3)4/h5-8,13-14,16-17,22-23H,9-12,15H2,1-4H3. The van der Waals surface area contributed by atoms with Crippen molar-refractivity contribution >= 4 is 12.0 Å². The second-order valence-corrected chi connectivity index (χ2v) is 10.6. The van der Waals surface area contributed by atoms with E-state index < -0.39 is 11.7 Å². The molecule has 1 aromatic carbocycles. The van der Waals surface area contributed by atoms with Gasteiger partial charge < -0.3 is 9.64 Å². The smallest absolute Gasteiger partial charge is 0.435 e. The van der Waals surface area contributed by atoms with Crippen LogP contribution in [0.4, 0.5) is 4.79 Å². The highest BCUT2D eigenvalue weighted by Gasteiger charge is 2.39. The highest BCUT2D eigenvalue weighted by atomic mass is 16.6. The Kier molecular flexibility index (Phi) is 5.95. The van der Waals surface area contributed by atoms with Crippen LogP contribution in [-0.2, 0) is 17.6 Å². The molecule has 7 nitrogen and oxygen atoms in total. The molecule has 2 aliphatic rings. The van der Waals surface area contributed by atoms with Crippen LogP contribution in [0.5, 0.6) is 0 Å². The number of nitrogens with zero attached hydrogens (tertiary/aromatic N) is 4. The van der Waals surface area contributed by atoms with E-state index in [4.69, 9.17) is 4.74 Å². The Morgan fingerprint density at radius 3 is 2.46 bits per heavy atom. The van der Waals surface area contributed by atoms with Crippen molar-refractivity contribution in [3.63, 3.8) is 0 Å². The molecular formula is C28H32N4O3. The summed E-state index contributed by atoms with van der Waals surface area (Å²) in [6, 6.07) is 10.2. The molecule has 1 fully saturated rings. The van der Waals surface area contributed by atoms with Crippen molar-refractivity contribution in [2.45, 2.75) is 77.5 Å². The van der Waals surface area contributed by atoms with Gasteiger partial charge in [-0.1, -0.05) is 12.1 Å². The third kappa shape index (κ3) is 4.99. The Morgan fingerprint density at radius 1 is 1.06 bits per heavy atom. The molecule has 0 radical (unpaired) electrons. The summed E-state index contributed by atoms with van der Waals surface area (Å²) in [5, 5.41) is 4.47. The SMILES string of the molecule is Cc1ccncc1-c1ccc(C(=O)N(C2CC2)C2CCc3nn(C(=O)OC(C)(C)C)cc3C2)cc1. The molecule has 35 heavy (non-hydrogen) atoms. The van der Waals surface area contributed by atoms with Crippen molar-refractivity contribution in [1.82, 2.24) is 19.7 Å². The fourth-order valence-electron chi connectivity index (χ4n) is 4.82. The van der Waals surface area contributed by atoms with Gasteiger partial charge in [0.15, 0.2) is 0 Å². The van der Waals surface area contributed by atoms with Crippen LogP contribution < -0.4 is 0 Å². The van der Waals surface area contributed by atoms with E-state index in [1.54, 1.807) is 12.4 Å². The summed E-state index contributed by atoms with van der Waals surface area (Å²) in [6.45, 7) is 7.59. The van der Waals surface area contributed by atoms with Crippen molar-refractivity contribution in [3.8, 4) is 11.1 Å². The van der Waals surface area contributed by atoms with Gasteiger partial charge in [0.05, 0.1) is 5.69 Å². The van der Waals surface area contributed by atoms with Crippen molar-refractivity contribution in [2.24, 2.45) is 0 Å². The van der Waals surface area contributed by atoms with Crippen molar-refractivity contribution in [3.05, 3.63) is 71.3 Å². The van der Waals surface area contributed by atoms with Gasteiger partial charge in [-0.2, -0.15) is 9.78 Å². The average Bonchev–Trinajstić information content (AvgIpc) is 3.55. The molecule has 182 valence electrons. The van der Waals surface area contributed by atoms with E-state index in [0.717, 1.165) is 53.6 Å². The van der Waals surface area contributed by atoms with Gasteiger partial charge in [-0.05, 0) is 94.7 Å². The number of carbonyl (C=O) groups is 2. The number of amides is 1. The van der Waals surface area contributed by atoms with Crippen molar-refractivity contribution < 1.29 is 14.3 Å². The van der Waals surface area contributed by atoms with Gasteiger partial charge in [0.2, 0.25) is 0 Å². The lowest BCUT2D eigenvalue weighted by atomic mass is 9.91. The van der Waals surface area contributed by atoms with E-state index in [1.807, 2.05) is 57.3 Å². The lowest BCUT2D eigenvalue weighted by Crippen LogP contribution is -2.44. The normalized spacial score (nSPS) is 17.5. The zero-order chi connectivity index (χ0) is 24.7. The van der Waals surface area contributed by atoms with E-state index in [9.17, 15) is 9.59 Å². The molecule has 1 amide bonds. The highest BCUT2D eigenvalue weighted by molar-refractivity contribution is 5.95. The molecular weight excluding hydrogens is 440 g/mol. The number of aromatic nitrogens is 3. The van der Waals surface area contributed by atoms with Gasteiger partial charge in [0.25, 0.3) is 5.91 Å². The first kappa shape index (κ1) is 23.3. The largest absolute Gasteiger partial charge is 0.442 e. The first-order chi connectivity index (χ1) is 16.7. The number of hydrogen-bond acceptors (Lipinski definition) is 5. The first-order valence-electron chi connectivity index (χ1n) is 12.3. The molecule has 0 bridgehead atoms. The number of fused-ring (bicyclic) bond motifs is 1. The third-order valence-corrected chi connectivity index (χ3v) is 6.68. The summed E-state index contributed by atoms with van der Waals surface area (Å²) in [6.07, 6.45) is 9.32. The van der Waals surface area contributed by atoms with Crippen molar-refractivity contribution in [2.75, 3.05) is 0 Å². The molecule has 1 unspecified atom stereocenters. The molecule has 3 aromatic rings. The minimum atomic E-state index is -0.577. The molecule has 2 aromatic heterocycles. The molecule has 2 heterocycles. The number of pyridine rings is 1. The van der Waals surface area contributed by atoms with E-state index in [1.165, 1.54) is 4.68 Å². The average molecular weight is 473 g/mol. The summed E-state index contributed by atoms with van der Waals surface area (Å²) in [5.41, 5.74) is 5.36. The van der Waals surface area contributed by atoms with E-state index in [-0.39, 0.29) is 18.0 Å². The zero-order valence-corrected chi connectivity index (χ0v) is 20.8. The Balaban J connectivity index is 1.33. The maximum atomic E-state index is 13.6. The molecule has 1 atom stereocenters. The molecule has 0 spiro atoms. The van der Waals surface area contributed by atoms with Crippen LogP contribution in [0.3, 0.4) is 0 Å². The number of carbonyl (C=O) groups excluding carboxylic acids is 2. The minimum Gasteiger partial charge on any atom is -0.442 e. The Hall–Kier alpha value is -3.48. The second kappa shape index (κ2) is 8.95. The van der Waals surface area contributed by atoms with Gasteiger partial charge in [-0.25, -0.2) is 4.79 Å². The van der Waals surface area contributed by atoms with Crippen LogP contribution in [0.1, 0.15) is 67.2 Å². The fourth-order valence-corrected chi connectivity index (χ4v) is 4.82. The van der Waals surface area contributed by atoms with E-state index in [2.05, 4.69) is 21.9 Å². The number of benzene rings is 1. The number of hydrogen-bond donors (Lipinski definition) is 0. The number of aryl methyl sites for hydroxylation is 2. The monoisotopic (exact) mass is 472 g/mol. The Labute approximate surface area is 206 Å². The molecule has 5 rings (SSSR count). The molecule has 2 aliphatic carbocycles. The zero-order valence-electron chi connectivity index (χ0n) is 20.8. The summed E-state index contributed by atoms with van der Waals surface area (Å²) in [7, 11) is 0. The van der Waals surface area contributed by atoms with Gasteiger partial charge in [0.1, 0.15) is 5.60 Å². The van der Waals surface area contributed by atoms with E-state index in [0.29, 0.717) is 12.0 Å². The molecule has 1 saturated carbocycles. The highest BCUT2D eigenvalue weighted by Crippen LogP contribution is 2.35. The van der Waals surface area contributed by atoms with Crippen molar-refractivity contribution in [1.29, 1.82) is 0 Å².